The van der Waals surface area contributed by atoms with E-state index in [1.165, 1.54) is 6.07 Å². The molecule has 0 radical (unpaired) electrons. The minimum Gasteiger partial charge on any atom is -0.275 e. The third-order valence-corrected chi connectivity index (χ3v) is 5.59. The Hall–Kier alpha value is -2.69. The largest absolute Gasteiger partial charge is 0.275 e. The van der Waals surface area contributed by atoms with Gasteiger partial charge in [-0.1, -0.05) is 32.0 Å². The lowest BCUT2D eigenvalue weighted by atomic mass is 9.65. The standard InChI is InChI=1S/C21H19F2N3/c1-20(2)18-14(10-13(22)11-15(18)23)19(24-21(20,3)4)17-9-12-7-5-6-8-16(12)25-26-17/h5-11H,1-4H3. The lowest BCUT2D eigenvalue weighted by Gasteiger charge is -2.44. The van der Waals surface area contributed by atoms with Gasteiger partial charge in [0.05, 0.1) is 16.8 Å². The SMILES string of the molecule is CC1(C)N=C(c2cc3ccccc3nn2)c2cc(F)cc(F)c2C1(C)C. The Bertz CT molecular complexity index is 1070. The third kappa shape index (κ3) is 2.34. The number of nitrogens with zero attached hydrogens (tertiary/aromatic N) is 3. The molecule has 1 aliphatic heterocycles. The molecule has 0 spiro atoms. The van der Waals surface area contributed by atoms with Crippen molar-refractivity contribution in [3.63, 3.8) is 0 Å². The smallest absolute Gasteiger partial charge is 0.130 e. The van der Waals surface area contributed by atoms with Crippen LogP contribution in [0.3, 0.4) is 0 Å². The van der Waals surface area contributed by atoms with Crippen LogP contribution in [0.1, 0.15) is 44.5 Å². The van der Waals surface area contributed by atoms with Crippen molar-refractivity contribution >= 4 is 16.6 Å². The fraction of sp³-hybridized carbons (Fsp3) is 0.286. The highest BCUT2D eigenvalue weighted by Crippen LogP contribution is 2.45. The number of aliphatic imine (C=N–C) groups is 1. The van der Waals surface area contributed by atoms with Crippen molar-refractivity contribution < 1.29 is 8.78 Å². The van der Waals surface area contributed by atoms with Crippen molar-refractivity contribution in [3.8, 4) is 0 Å². The first-order valence-corrected chi connectivity index (χ1v) is 8.53. The van der Waals surface area contributed by atoms with Gasteiger partial charge in [0, 0.05) is 28.0 Å². The predicted molar refractivity (Wildman–Crippen MR) is 98.6 cm³/mol. The normalized spacial score (nSPS) is 17.7. The van der Waals surface area contributed by atoms with Crippen molar-refractivity contribution in [2.75, 3.05) is 0 Å². The molecule has 132 valence electrons. The molecule has 0 unspecified atom stereocenters. The first kappa shape index (κ1) is 16.8. The summed E-state index contributed by atoms with van der Waals surface area (Å²) in [5.74, 6) is -1.18. The van der Waals surface area contributed by atoms with E-state index in [1.54, 1.807) is 0 Å². The average Bonchev–Trinajstić information content (AvgIpc) is 2.57. The van der Waals surface area contributed by atoms with Gasteiger partial charge >= 0.3 is 0 Å². The van der Waals surface area contributed by atoms with E-state index in [4.69, 9.17) is 4.99 Å². The maximum absolute atomic E-state index is 14.8. The summed E-state index contributed by atoms with van der Waals surface area (Å²) in [5, 5.41) is 9.42. The molecular formula is C21H19F2N3. The van der Waals surface area contributed by atoms with Gasteiger partial charge in [0.15, 0.2) is 0 Å². The monoisotopic (exact) mass is 351 g/mol. The Morgan fingerprint density at radius 2 is 1.62 bits per heavy atom. The second-order valence-corrected chi connectivity index (χ2v) is 7.74. The van der Waals surface area contributed by atoms with E-state index in [0.29, 0.717) is 22.5 Å². The average molecular weight is 351 g/mol. The second-order valence-electron chi connectivity index (χ2n) is 7.74. The van der Waals surface area contributed by atoms with E-state index < -0.39 is 22.6 Å². The van der Waals surface area contributed by atoms with Crippen LogP contribution in [-0.4, -0.2) is 21.4 Å². The molecule has 0 fully saturated rings. The van der Waals surface area contributed by atoms with Crippen molar-refractivity contribution in [1.82, 2.24) is 10.2 Å². The molecule has 2 heterocycles. The van der Waals surface area contributed by atoms with Crippen LogP contribution >= 0.6 is 0 Å². The highest BCUT2D eigenvalue weighted by molar-refractivity contribution is 6.14. The molecule has 1 aliphatic rings. The van der Waals surface area contributed by atoms with Crippen molar-refractivity contribution in [2.45, 2.75) is 38.6 Å². The molecule has 0 saturated heterocycles. The molecule has 2 aromatic carbocycles. The Morgan fingerprint density at radius 1 is 0.885 bits per heavy atom. The zero-order valence-corrected chi connectivity index (χ0v) is 15.1. The van der Waals surface area contributed by atoms with Crippen LogP contribution in [0.5, 0.6) is 0 Å². The van der Waals surface area contributed by atoms with E-state index in [1.807, 2.05) is 58.0 Å². The highest BCUT2D eigenvalue weighted by Gasteiger charge is 2.46. The van der Waals surface area contributed by atoms with Crippen LogP contribution in [-0.2, 0) is 5.41 Å². The molecule has 1 aromatic heterocycles. The molecule has 26 heavy (non-hydrogen) atoms. The number of aromatic nitrogens is 2. The Labute approximate surface area is 150 Å². The van der Waals surface area contributed by atoms with Crippen LogP contribution in [0, 0.1) is 11.6 Å². The van der Waals surface area contributed by atoms with Gasteiger partial charge in [-0.3, -0.25) is 4.99 Å². The Balaban J connectivity index is 2.03. The number of rotatable bonds is 1. The molecule has 3 nitrogen and oxygen atoms in total. The van der Waals surface area contributed by atoms with E-state index in [0.717, 1.165) is 17.0 Å². The molecule has 0 atom stereocenters. The van der Waals surface area contributed by atoms with Crippen molar-refractivity contribution in [1.29, 1.82) is 0 Å². The van der Waals surface area contributed by atoms with Gasteiger partial charge in [0.1, 0.15) is 17.3 Å². The Morgan fingerprint density at radius 3 is 2.38 bits per heavy atom. The second kappa shape index (κ2) is 5.40. The molecule has 0 aliphatic carbocycles. The summed E-state index contributed by atoms with van der Waals surface area (Å²) in [6, 6.07) is 11.7. The lowest BCUT2D eigenvalue weighted by molar-refractivity contribution is 0.293. The van der Waals surface area contributed by atoms with Crippen LogP contribution in [0.2, 0.25) is 0 Å². The maximum atomic E-state index is 14.8. The zero-order chi connectivity index (χ0) is 18.7. The number of fused-ring (bicyclic) bond motifs is 2. The van der Waals surface area contributed by atoms with Crippen LogP contribution < -0.4 is 0 Å². The highest BCUT2D eigenvalue weighted by atomic mass is 19.1. The molecule has 0 saturated carbocycles. The van der Waals surface area contributed by atoms with Gasteiger partial charge in [-0.05, 0) is 32.0 Å². The molecule has 5 heteroatoms. The van der Waals surface area contributed by atoms with Crippen LogP contribution in [0.4, 0.5) is 8.78 Å². The number of benzene rings is 2. The number of halogens is 2. The summed E-state index contributed by atoms with van der Waals surface area (Å²) in [6.07, 6.45) is 0. The molecular weight excluding hydrogens is 332 g/mol. The fourth-order valence-electron chi connectivity index (χ4n) is 3.48. The summed E-state index contributed by atoms with van der Waals surface area (Å²) in [4.78, 5) is 4.85. The van der Waals surface area contributed by atoms with E-state index >= 15 is 0 Å². The summed E-state index contributed by atoms with van der Waals surface area (Å²) >= 11 is 0. The summed E-state index contributed by atoms with van der Waals surface area (Å²) in [5.41, 5.74) is 1.45. The Kier molecular flexibility index (Phi) is 3.48. The van der Waals surface area contributed by atoms with Gasteiger partial charge in [0.2, 0.25) is 0 Å². The third-order valence-electron chi connectivity index (χ3n) is 5.59. The lowest BCUT2D eigenvalue weighted by Crippen LogP contribution is -2.47. The van der Waals surface area contributed by atoms with Gasteiger partial charge in [-0.2, -0.15) is 0 Å². The van der Waals surface area contributed by atoms with Crippen molar-refractivity contribution in [2.24, 2.45) is 4.99 Å². The molecule has 0 N–H and O–H groups in total. The first-order valence-electron chi connectivity index (χ1n) is 8.53. The molecule has 4 rings (SSSR count). The van der Waals surface area contributed by atoms with Crippen molar-refractivity contribution in [3.05, 3.63) is 70.9 Å². The minimum absolute atomic E-state index is 0.441. The molecule has 0 amide bonds. The minimum atomic E-state index is -0.627. The van der Waals surface area contributed by atoms with E-state index in [-0.39, 0.29) is 0 Å². The fourth-order valence-corrected chi connectivity index (χ4v) is 3.48. The molecule has 0 bridgehead atoms. The van der Waals surface area contributed by atoms with Gasteiger partial charge in [0.25, 0.3) is 0 Å². The van der Waals surface area contributed by atoms with Crippen LogP contribution in [0.15, 0.2) is 47.5 Å². The number of hydrogen-bond donors (Lipinski definition) is 0. The number of hydrogen-bond acceptors (Lipinski definition) is 3. The quantitative estimate of drug-likeness (QED) is 0.631. The summed E-state index contributed by atoms with van der Waals surface area (Å²) in [7, 11) is 0. The van der Waals surface area contributed by atoms with E-state index in [9.17, 15) is 8.78 Å². The maximum Gasteiger partial charge on any atom is 0.130 e. The summed E-state index contributed by atoms with van der Waals surface area (Å²) < 4.78 is 28.8. The predicted octanol–water partition coefficient (Wildman–Crippen LogP) is 4.82. The zero-order valence-electron chi connectivity index (χ0n) is 15.1. The van der Waals surface area contributed by atoms with Gasteiger partial charge in [-0.15, -0.1) is 10.2 Å². The molecule has 3 aromatic rings. The topological polar surface area (TPSA) is 38.1 Å². The van der Waals surface area contributed by atoms with Crippen LogP contribution in [0.25, 0.3) is 10.9 Å². The first-order chi connectivity index (χ1) is 12.2. The van der Waals surface area contributed by atoms with E-state index in [2.05, 4.69) is 10.2 Å². The van der Waals surface area contributed by atoms with Gasteiger partial charge < -0.3 is 0 Å². The van der Waals surface area contributed by atoms with Gasteiger partial charge in [-0.25, -0.2) is 8.78 Å². The summed E-state index contributed by atoms with van der Waals surface area (Å²) in [6.45, 7) is 7.76.